The molecular formula is C18H25N3O3S. The molecule has 1 atom stereocenters. The molecule has 2 heterocycles. The van der Waals surface area contributed by atoms with Crippen LogP contribution < -0.4 is 5.56 Å². The second-order valence-electron chi connectivity index (χ2n) is 6.64. The number of aliphatic imine (C=N–C) groups is 1. The van der Waals surface area contributed by atoms with Crippen molar-refractivity contribution in [1.29, 1.82) is 0 Å². The number of aromatic nitrogens is 2. The number of rotatable bonds is 6. The van der Waals surface area contributed by atoms with Gasteiger partial charge in [-0.05, 0) is 57.2 Å². The fourth-order valence-corrected chi connectivity index (χ4v) is 3.61. The zero-order valence-corrected chi connectivity index (χ0v) is 15.2. The van der Waals surface area contributed by atoms with E-state index >= 15 is 0 Å². The van der Waals surface area contributed by atoms with Crippen molar-refractivity contribution in [2.45, 2.75) is 57.6 Å². The van der Waals surface area contributed by atoms with Gasteiger partial charge in [-0.15, -0.1) is 0 Å². The third-order valence-corrected chi connectivity index (χ3v) is 5.12. The predicted octanol–water partition coefficient (Wildman–Crippen LogP) is 3.10. The first kappa shape index (κ1) is 18.1. The predicted molar refractivity (Wildman–Crippen MR) is 100 cm³/mol. The van der Waals surface area contributed by atoms with E-state index in [9.17, 15) is 9.90 Å². The quantitative estimate of drug-likeness (QED) is 0.462. The van der Waals surface area contributed by atoms with Gasteiger partial charge in [-0.25, -0.2) is 0 Å². The van der Waals surface area contributed by atoms with Crippen molar-refractivity contribution in [3.05, 3.63) is 32.3 Å². The highest BCUT2D eigenvalue weighted by Gasteiger charge is 2.15. The minimum absolute atomic E-state index is 0.110. The Hall–Kier alpha value is -1.73. The molecule has 0 bridgehead atoms. The summed E-state index contributed by atoms with van der Waals surface area (Å²) in [5, 5.41) is 10.5. The minimum atomic E-state index is -0.410. The number of H-pyrrole nitrogens is 1. The summed E-state index contributed by atoms with van der Waals surface area (Å²) >= 11 is 5.22. The fourth-order valence-electron chi connectivity index (χ4n) is 3.34. The third kappa shape index (κ3) is 4.67. The summed E-state index contributed by atoms with van der Waals surface area (Å²) < 4.78 is 7.34. The molecule has 2 aliphatic rings. The lowest BCUT2D eigenvalue weighted by Gasteiger charge is -2.15. The molecule has 7 heteroatoms. The highest BCUT2D eigenvalue weighted by Crippen LogP contribution is 2.22. The lowest BCUT2D eigenvalue weighted by Crippen LogP contribution is -2.19. The molecule has 0 radical (unpaired) electrons. The number of allylic oxidation sites excluding steroid dienone is 2. The topological polar surface area (TPSA) is 79.6 Å². The summed E-state index contributed by atoms with van der Waals surface area (Å²) in [6.45, 7) is 1.83. The van der Waals surface area contributed by atoms with Crippen LogP contribution in [0.4, 0.5) is 0 Å². The van der Waals surface area contributed by atoms with Crippen LogP contribution in [-0.4, -0.2) is 40.1 Å². The number of aromatic hydroxyl groups is 1. The fraction of sp³-hybridized carbons (Fsp3) is 0.611. The van der Waals surface area contributed by atoms with Crippen molar-refractivity contribution in [1.82, 2.24) is 9.55 Å². The maximum absolute atomic E-state index is 12.1. The first-order valence-electron chi connectivity index (χ1n) is 9.00. The second kappa shape index (κ2) is 8.58. The van der Waals surface area contributed by atoms with Crippen LogP contribution >= 0.6 is 12.2 Å². The van der Waals surface area contributed by atoms with Gasteiger partial charge < -0.3 is 9.84 Å². The zero-order valence-electron chi connectivity index (χ0n) is 14.4. The van der Waals surface area contributed by atoms with E-state index in [1.807, 2.05) is 0 Å². The summed E-state index contributed by atoms with van der Waals surface area (Å²) in [6, 6.07) is 0. The van der Waals surface area contributed by atoms with Crippen LogP contribution in [0.3, 0.4) is 0 Å². The second-order valence-corrected chi connectivity index (χ2v) is 7.02. The molecule has 1 aliphatic carbocycles. The number of hydrogen-bond acceptors (Lipinski definition) is 5. The Morgan fingerprint density at radius 1 is 1.44 bits per heavy atom. The van der Waals surface area contributed by atoms with Gasteiger partial charge in [0.05, 0.1) is 12.6 Å². The Morgan fingerprint density at radius 3 is 3.04 bits per heavy atom. The molecule has 0 unspecified atom stereocenters. The Bertz CT molecular complexity index is 773. The van der Waals surface area contributed by atoms with E-state index in [1.54, 1.807) is 4.57 Å². The van der Waals surface area contributed by atoms with Crippen molar-refractivity contribution in [3.63, 3.8) is 0 Å². The van der Waals surface area contributed by atoms with E-state index in [0.29, 0.717) is 13.1 Å². The zero-order chi connectivity index (χ0) is 17.6. The van der Waals surface area contributed by atoms with Crippen LogP contribution in [0.15, 0.2) is 21.4 Å². The summed E-state index contributed by atoms with van der Waals surface area (Å²) in [6.07, 6.45) is 11.4. The molecule has 136 valence electrons. The molecule has 3 rings (SSSR count). The third-order valence-electron chi connectivity index (χ3n) is 4.80. The molecule has 25 heavy (non-hydrogen) atoms. The maximum atomic E-state index is 12.1. The van der Waals surface area contributed by atoms with Crippen LogP contribution in [0.1, 0.15) is 50.5 Å². The minimum Gasteiger partial charge on any atom is -0.494 e. The van der Waals surface area contributed by atoms with E-state index in [1.165, 1.54) is 24.6 Å². The molecule has 2 N–H and O–H groups in total. The van der Waals surface area contributed by atoms with E-state index in [4.69, 9.17) is 17.0 Å². The first-order valence-corrected chi connectivity index (χ1v) is 9.41. The van der Waals surface area contributed by atoms with Gasteiger partial charge in [0.1, 0.15) is 5.56 Å². The van der Waals surface area contributed by atoms with E-state index in [0.717, 1.165) is 38.7 Å². The van der Waals surface area contributed by atoms with Crippen molar-refractivity contribution in [2.75, 3.05) is 13.2 Å². The lowest BCUT2D eigenvalue weighted by atomic mass is 9.97. The smallest absolute Gasteiger partial charge is 0.264 e. The SMILES string of the molecule is O=c1[nH]c(=S)n(CCC2=CCCCC2)c(O)c1C=NC[C@@H]1CCCO1. The number of nitrogens with zero attached hydrogens (tertiary/aromatic N) is 2. The molecule has 1 aromatic heterocycles. The van der Waals surface area contributed by atoms with E-state index < -0.39 is 5.56 Å². The number of aromatic amines is 1. The van der Waals surface area contributed by atoms with Crippen molar-refractivity contribution < 1.29 is 9.84 Å². The molecule has 0 saturated carbocycles. The van der Waals surface area contributed by atoms with Gasteiger partial charge in [0.2, 0.25) is 5.88 Å². The lowest BCUT2D eigenvalue weighted by molar-refractivity contribution is 0.118. The molecule has 0 aromatic carbocycles. The van der Waals surface area contributed by atoms with Gasteiger partial charge in [0.25, 0.3) is 5.56 Å². The Kier molecular flexibility index (Phi) is 6.20. The van der Waals surface area contributed by atoms with Crippen molar-refractivity contribution in [2.24, 2.45) is 4.99 Å². The molecule has 1 aromatic rings. The van der Waals surface area contributed by atoms with Crippen LogP contribution in [0.2, 0.25) is 0 Å². The highest BCUT2D eigenvalue weighted by atomic mass is 32.1. The van der Waals surface area contributed by atoms with Crippen molar-refractivity contribution >= 4 is 18.4 Å². The number of nitrogens with one attached hydrogen (secondary N) is 1. The van der Waals surface area contributed by atoms with Crippen LogP contribution in [-0.2, 0) is 11.3 Å². The van der Waals surface area contributed by atoms with Crippen LogP contribution in [0.25, 0.3) is 0 Å². The van der Waals surface area contributed by atoms with Gasteiger partial charge in [-0.1, -0.05) is 11.6 Å². The molecule has 1 aliphatic heterocycles. The van der Waals surface area contributed by atoms with Gasteiger partial charge in [-0.3, -0.25) is 19.3 Å². The summed E-state index contributed by atoms with van der Waals surface area (Å²) in [4.78, 5) is 19.0. The number of hydrogen-bond donors (Lipinski definition) is 2. The molecular weight excluding hydrogens is 338 g/mol. The Morgan fingerprint density at radius 2 is 2.32 bits per heavy atom. The van der Waals surface area contributed by atoms with Crippen molar-refractivity contribution in [3.8, 4) is 5.88 Å². The monoisotopic (exact) mass is 363 g/mol. The van der Waals surface area contributed by atoms with Crippen LogP contribution in [0.5, 0.6) is 5.88 Å². The van der Waals surface area contributed by atoms with E-state index in [-0.39, 0.29) is 22.3 Å². The Labute approximate surface area is 152 Å². The normalized spacial score (nSPS) is 21.0. The average Bonchev–Trinajstić information content (AvgIpc) is 3.12. The highest BCUT2D eigenvalue weighted by molar-refractivity contribution is 7.71. The molecule has 6 nitrogen and oxygen atoms in total. The molecule has 0 amide bonds. The Balaban J connectivity index is 1.74. The average molecular weight is 363 g/mol. The summed E-state index contributed by atoms with van der Waals surface area (Å²) in [7, 11) is 0. The summed E-state index contributed by atoms with van der Waals surface area (Å²) in [5.74, 6) is -0.110. The standard InChI is InChI=1S/C18H25N3O3S/c22-16-15(12-19-11-14-7-4-10-24-14)17(23)21(18(25)20-16)9-8-13-5-2-1-3-6-13/h5,12,14,23H,1-4,6-11H2,(H,20,22,25)/t14-/m0/s1. The van der Waals surface area contributed by atoms with Gasteiger partial charge >= 0.3 is 0 Å². The summed E-state index contributed by atoms with van der Waals surface area (Å²) in [5.41, 5.74) is 1.14. The molecule has 1 saturated heterocycles. The van der Waals surface area contributed by atoms with E-state index in [2.05, 4.69) is 16.1 Å². The van der Waals surface area contributed by atoms with Gasteiger partial charge in [0, 0.05) is 19.4 Å². The van der Waals surface area contributed by atoms with Gasteiger partial charge in [0.15, 0.2) is 4.77 Å². The first-order chi connectivity index (χ1) is 12.1. The molecule has 0 spiro atoms. The largest absolute Gasteiger partial charge is 0.494 e. The molecule has 1 fully saturated rings. The van der Waals surface area contributed by atoms with Crippen LogP contribution in [0, 0.1) is 4.77 Å². The number of ether oxygens (including phenoxy) is 1. The van der Waals surface area contributed by atoms with Gasteiger partial charge in [-0.2, -0.15) is 0 Å². The maximum Gasteiger partial charge on any atom is 0.264 e.